The van der Waals surface area contributed by atoms with Gasteiger partial charge in [-0.15, -0.1) is 0 Å². The highest BCUT2D eigenvalue weighted by atomic mass is 16.5. The Morgan fingerprint density at radius 2 is 2.00 bits per heavy atom. The van der Waals surface area contributed by atoms with E-state index in [9.17, 15) is 4.79 Å². The maximum absolute atomic E-state index is 12.2. The summed E-state index contributed by atoms with van der Waals surface area (Å²) in [6.45, 7) is 7.03. The lowest BCUT2D eigenvalue weighted by Crippen LogP contribution is -2.46. The van der Waals surface area contributed by atoms with E-state index in [1.807, 2.05) is 0 Å². The van der Waals surface area contributed by atoms with Crippen molar-refractivity contribution in [2.24, 2.45) is 0 Å². The lowest BCUT2D eigenvalue weighted by atomic mass is 9.94. The van der Waals surface area contributed by atoms with Crippen LogP contribution in [-0.2, 0) is 16.0 Å². The minimum Gasteiger partial charge on any atom is -0.378 e. The van der Waals surface area contributed by atoms with Crippen molar-refractivity contribution in [1.82, 2.24) is 5.32 Å². The molecule has 1 amide bonds. The van der Waals surface area contributed by atoms with Gasteiger partial charge < -0.3 is 10.1 Å². The first-order valence-corrected chi connectivity index (χ1v) is 7.93. The largest absolute Gasteiger partial charge is 0.378 e. The normalized spacial score (nSPS) is 19.3. The van der Waals surface area contributed by atoms with E-state index in [0.717, 1.165) is 25.9 Å². The molecule has 1 aliphatic rings. The van der Waals surface area contributed by atoms with Crippen molar-refractivity contribution >= 4 is 5.91 Å². The molecule has 3 nitrogen and oxygen atoms in total. The van der Waals surface area contributed by atoms with Crippen molar-refractivity contribution in [3.63, 3.8) is 0 Å². The predicted octanol–water partition coefficient (Wildman–Crippen LogP) is 3.39. The van der Waals surface area contributed by atoms with Gasteiger partial charge in [0.15, 0.2) is 0 Å². The number of carbonyl (C=O) groups is 1. The van der Waals surface area contributed by atoms with E-state index in [4.69, 9.17) is 4.74 Å². The van der Waals surface area contributed by atoms with Crippen molar-refractivity contribution in [1.29, 1.82) is 0 Å². The number of hydrogen-bond donors (Lipinski definition) is 1. The maximum Gasteiger partial charge on any atom is 0.223 e. The van der Waals surface area contributed by atoms with E-state index in [1.54, 1.807) is 0 Å². The molecule has 1 saturated heterocycles. The summed E-state index contributed by atoms with van der Waals surface area (Å²) in [5, 5.41) is 3.15. The standard InChI is InChI=1S/C18H27NO2/c1-14-7-9-15(10-8-14)13-18(2,3)19-17(20)12-16-6-4-5-11-21-16/h7-10,16H,4-6,11-13H2,1-3H3,(H,19,20). The Bertz CT molecular complexity index is 459. The quantitative estimate of drug-likeness (QED) is 0.902. The van der Waals surface area contributed by atoms with E-state index < -0.39 is 0 Å². The second kappa shape index (κ2) is 7.08. The van der Waals surface area contributed by atoms with Gasteiger partial charge in [-0.2, -0.15) is 0 Å². The fourth-order valence-electron chi connectivity index (χ4n) is 2.86. The summed E-state index contributed by atoms with van der Waals surface area (Å²) in [7, 11) is 0. The van der Waals surface area contributed by atoms with Crippen molar-refractivity contribution in [2.75, 3.05) is 6.61 Å². The molecule has 0 radical (unpaired) electrons. The van der Waals surface area contributed by atoms with Crippen LogP contribution in [0.15, 0.2) is 24.3 Å². The number of amides is 1. The Morgan fingerprint density at radius 1 is 1.29 bits per heavy atom. The SMILES string of the molecule is Cc1ccc(CC(C)(C)NC(=O)CC2CCCCO2)cc1. The van der Waals surface area contributed by atoms with Crippen molar-refractivity contribution in [3.8, 4) is 0 Å². The number of nitrogens with one attached hydrogen (secondary N) is 1. The van der Waals surface area contributed by atoms with Crippen molar-refractivity contribution in [3.05, 3.63) is 35.4 Å². The van der Waals surface area contributed by atoms with Crippen molar-refractivity contribution < 1.29 is 9.53 Å². The highest BCUT2D eigenvalue weighted by Gasteiger charge is 2.24. The molecule has 3 heteroatoms. The van der Waals surface area contributed by atoms with Gasteiger partial charge >= 0.3 is 0 Å². The lowest BCUT2D eigenvalue weighted by Gasteiger charge is -2.28. The monoisotopic (exact) mass is 289 g/mol. The van der Waals surface area contributed by atoms with Gasteiger partial charge in [0.2, 0.25) is 5.91 Å². The molecule has 0 bridgehead atoms. The van der Waals surface area contributed by atoms with Crippen LogP contribution in [0.5, 0.6) is 0 Å². The van der Waals surface area contributed by atoms with Gasteiger partial charge in [0.25, 0.3) is 0 Å². The minimum absolute atomic E-state index is 0.0963. The summed E-state index contributed by atoms with van der Waals surface area (Å²) in [5.41, 5.74) is 2.27. The molecule has 1 atom stereocenters. The summed E-state index contributed by atoms with van der Waals surface area (Å²) >= 11 is 0. The summed E-state index contributed by atoms with van der Waals surface area (Å²) in [6.07, 6.45) is 4.73. The number of carbonyl (C=O) groups excluding carboxylic acids is 1. The second-order valence-corrected chi connectivity index (χ2v) is 6.79. The summed E-state index contributed by atoms with van der Waals surface area (Å²) in [6, 6.07) is 8.49. The molecule has 0 spiro atoms. The molecule has 1 aromatic rings. The number of hydrogen-bond acceptors (Lipinski definition) is 2. The third kappa shape index (κ3) is 5.50. The van der Waals surface area contributed by atoms with Crippen LogP contribution in [0.4, 0.5) is 0 Å². The highest BCUT2D eigenvalue weighted by Crippen LogP contribution is 2.17. The molecule has 2 rings (SSSR count). The first-order valence-electron chi connectivity index (χ1n) is 7.93. The van der Waals surface area contributed by atoms with Gasteiger partial charge in [-0.25, -0.2) is 0 Å². The minimum atomic E-state index is -0.235. The first-order chi connectivity index (χ1) is 9.94. The average molecular weight is 289 g/mol. The molecule has 1 aromatic carbocycles. The van der Waals surface area contributed by atoms with E-state index in [2.05, 4.69) is 50.4 Å². The highest BCUT2D eigenvalue weighted by molar-refractivity contribution is 5.77. The van der Waals surface area contributed by atoms with Crippen LogP contribution in [0.25, 0.3) is 0 Å². The zero-order valence-corrected chi connectivity index (χ0v) is 13.4. The summed E-state index contributed by atoms with van der Waals surface area (Å²) in [4.78, 5) is 12.2. The number of ether oxygens (including phenoxy) is 1. The van der Waals surface area contributed by atoms with Crippen LogP contribution in [0, 0.1) is 6.92 Å². The Hall–Kier alpha value is -1.35. The maximum atomic E-state index is 12.2. The van der Waals surface area contributed by atoms with Gasteiger partial charge in [-0.05, 0) is 52.0 Å². The zero-order valence-electron chi connectivity index (χ0n) is 13.4. The summed E-state index contributed by atoms with van der Waals surface area (Å²) < 4.78 is 5.63. The zero-order chi connectivity index (χ0) is 15.3. The van der Waals surface area contributed by atoms with Gasteiger partial charge in [0.1, 0.15) is 0 Å². The Kier molecular flexibility index (Phi) is 5.40. The Balaban J connectivity index is 1.84. The molecule has 0 aromatic heterocycles. The molecule has 0 aliphatic carbocycles. The fraction of sp³-hybridized carbons (Fsp3) is 0.611. The molecule has 1 fully saturated rings. The molecule has 21 heavy (non-hydrogen) atoms. The average Bonchev–Trinajstić information content (AvgIpc) is 2.41. The fourth-order valence-corrected chi connectivity index (χ4v) is 2.86. The van der Waals surface area contributed by atoms with Crippen LogP contribution in [-0.4, -0.2) is 24.2 Å². The second-order valence-electron chi connectivity index (χ2n) is 6.79. The number of benzene rings is 1. The van der Waals surface area contributed by atoms with E-state index in [1.165, 1.54) is 17.5 Å². The molecular weight excluding hydrogens is 262 g/mol. The van der Waals surface area contributed by atoms with Crippen LogP contribution in [0.3, 0.4) is 0 Å². The molecule has 1 aliphatic heterocycles. The van der Waals surface area contributed by atoms with Crippen LogP contribution >= 0.6 is 0 Å². The topological polar surface area (TPSA) is 38.3 Å². The lowest BCUT2D eigenvalue weighted by molar-refractivity contribution is -0.126. The van der Waals surface area contributed by atoms with Gasteiger partial charge in [0, 0.05) is 12.1 Å². The third-order valence-electron chi connectivity index (χ3n) is 3.93. The van der Waals surface area contributed by atoms with Gasteiger partial charge in [-0.3, -0.25) is 4.79 Å². The van der Waals surface area contributed by atoms with E-state index >= 15 is 0 Å². The van der Waals surface area contributed by atoms with E-state index in [0.29, 0.717) is 6.42 Å². The Morgan fingerprint density at radius 3 is 2.62 bits per heavy atom. The van der Waals surface area contributed by atoms with E-state index in [-0.39, 0.29) is 17.6 Å². The van der Waals surface area contributed by atoms with Crippen LogP contribution in [0.1, 0.15) is 50.7 Å². The van der Waals surface area contributed by atoms with Crippen LogP contribution < -0.4 is 5.32 Å². The first kappa shape index (κ1) is 16.0. The molecule has 1 N–H and O–H groups in total. The third-order valence-corrected chi connectivity index (χ3v) is 3.93. The molecule has 1 unspecified atom stereocenters. The molecule has 116 valence electrons. The summed E-state index contributed by atoms with van der Waals surface area (Å²) in [5.74, 6) is 0.0963. The number of rotatable bonds is 5. The van der Waals surface area contributed by atoms with Crippen LogP contribution in [0.2, 0.25) is 0 Å². The molecular formula is C18H27NO2. The molecule has 1 heterocycles. The number of aryl methyl sites for hydroxylation is 1. The van der Waals surface area contributed by atoms with Gasteiger partial charge in [-0.1, -0.05) is 29.8 Å². The Labute approximate surface area is 128 Å². The smallest absolute Gasteiger partial charge is 0.223 e. The molecule has 0 saturated carbocycles. The predicted molar refractivity (Wildman–Crippen MR) is 85.3 cm³/mol. The van der Waals surface area contributed by atoms with Gasteiger partial charge in [0.05, 0.1) is 12.5 Å². The van der Waals surface area contributed by atoms with Crippen molar-refractivity contribution in [2.45, 2.75) is 64.5 Å².